The fraction of sp³-hybridized carbons (Fsp3) is 0.316. The molecule has 0 aliphatic rings. The summed E-state index contributed by atoms with van der Waals surface area (Å²) in [4.78, 5) is 16.9. The number of hydrogen-bond acceptors (Lipinski definition) is 4. The van der Waals surface area contributed by atoms with Crippen molar-refractivity contribution < 1.29 is 9.21 Å². The molecule has 0 bridgehead atoms. The highest BCUT2D eigenvalue weighted by atomic mass is 16.3. The standard InChI is InChI=1S/C19H22N4O2/c1-2-7-15(14-8-4-3-5-9-14)19(24)20-12-11-17-21-18(23-22-17)16-10-6-13-25-16/h3-6,8-10,13,15H,2,7,11-12H2,1H3,(H,20,24)(H,21,22,23)/t15-/m1/s1. The number of nitrogens with one attached hydrogen (secondary N) is 2. The second-order valence-electron chi connectivity index (χ2n) is 5.88. The third-order valence-electron chi connectivity index (χ3n) is 4.03. The van der Waals surface area contributed by atoms with Gasteiger partial charge in [0.05, 0.1) is 12.2 Å². The highest BCUT2D eigenvalue weighted by Crippen LogP contribution is 2.21. The molecule has 0 aliphatic carbocycles. The van der Waals surface area contributed by atoms with Crippen LogP contribution in [0.1, 0.15) is 37.1 Å². The number of benzene rings is 1. The summed E-state index contributed by atoms with van der Waals surface area (Å²) in [6, 6.07) is 13.5. The molecule has 0 radical (unpaired) electrons. The van der Waals surface area contributed by atoms with E-state index in [9.17, 15) is 4.79 Å². The van der Waals surface area contributed by atoms with E-state index < -0.39 is 0 Å². The number of aromatic nitrogens is 3. The first-order chi connectivity index (χ1) is 12.3. The van der Waals surface area contributed by atoms with Gasteiger partial charge in [-0.3, -0.25) is 9.89 Å². The second-order valence-corrected chi connectivity index (χ2v) is 5.88. The first kappa shape index (κ1) is 17.0. The maximum atomic E-state index is 12.5. The summed E-state index contributed by atoms with van der Waals surface area (Å²) in [5.74, 6) is 1.81. The predicted molar refractivity (Wildman–Crippen MR) is 94.9 cm³/mol. The number of H-pyrrole nitrogens is 1. The first-order valence-electron chi connectivity index (χ1n) is 8.55. The number of aromatic amines is 1. The molecule has 1 amide bonds. The van der Waals surface area contributed by atoms with Gasteiger partial charge in [0.1, 0.15) is 5.82 Å². The van der Waals surface area contributed by atoms with E-state index in [2.05, 4.69) is 27.4 Å². The van der Waals surface area contributed by atoms with E-state index in [0.29, 0.717) is 24.6 Å². The summed E-state index contributed by atoms with van der Waals surface area (Å²) in [5, 5.41) is 10.0. The van der Waals surface area contributed by atoms with E-state index in [1.54, 1.807) is 12.3 Å². The first-order valence-corrected chi connectivity index (χ1v) is 8.55. The van der Waals surface area contributed by atoms with Crippen LogP contribution in [0.3, 0.4) is 0 Å². The molecule has 6 heteroatoms. The molecule has 0 aliphatic heterocycles. The number of carbonyl (C=O) groups excluding carboxylic acids is 1. The molecule has 2 N–H and O–H groups in total. The number of amides is 1. The summed E-state index contributed by atoms with van der Waals surface area (Å²) >= 11 is 0. The Hall–Kier alpha value is -2.89. The molecule has 1 aromatic carbocycles. The molecule has 6 nitrogen and oxygen atoms in total. The van der Waals surface area contributed by atoms with Crippen molar-refractivity contribution in [3.63, 3.8) is 0 Å². The van der Waals surface area contributed by atoms with E-state index in [-0.39, 0.29) is 11.8 Å². The Morgan fingerprint density at radius 3 is 2.80 bits per heavy atom. The molecular weight excluding hydrogens is 316 g/mol. The minimum Gasteiger partial charge on any atom is -0.461 e. The van der Waals surface area contributed by atoms with Crippen LogP contribution in [0.5, 0.6) is 0 Å². The minimum absolute atomic E-state index is 0.0545. The lowest BCUT2D eigenvalue weighted by Crippen LogP contribution is -2.31. The van der Waals surface area contributed by atoms with Crippen molar-refractivity contribution in [2.45, 2.75) is 32.1 Å². The van der Waals surface area contributed by atoms with E-state index in [4.69, 9.17) is 4.42 Å². The summed E-state index contributed by atoms with van der Waals surface area (Å²) in [7, 11) is 0. The van der Waals surface area contributed by atoms with Crippen LogP contribution in [0.25, 0.3) is 11.6 Å². The van der Waals surface area contributed by atoms with Gasteiger partial charge in [0.15, 0.2) is 5.76 Å². The van der Waals surface area contributed by atoms with Gasteiger partial charge in [-0.05, 0) is 24.1 Å². The third kappa shape index (κ3) is 4.35. The number of furan rings is 1. The van der Waals surface area contributed by atoms with Gasteiger partial charge in [-0.2, -0.15) is 5.10 Å². The molecule has 0 saturated heterocycles. The van der Waals surface area contributed by atoms with Gasteiger partial charge in [-0.15, -0.1) is 0 Å². The fourth-order valence-electron chi connectivity index (χ4n) is 2.77. The topological polar surface area (TPSA) is 83.8 Å². The van der Waals surface area contributed by atoms with Crippen molar-refractivity contribution in [2.24, 2.45) is 0 Å². The lowest BCUT2D eigenvalue weighted by molar-refractivity contribution is -0.122. The van der Waals surface area contributed by atoms with Gasteiger partial charge in [0.2, 0.25) is 11.7 Å². The zero-order chi connectivity index (χ0) is 17.5. The second kappa shape index (κ2) is 8.28. The van der Waals surface area contributed by atoms with Gasteiger partial charge in [0, 0.05) is 13.0 Å². The van der Waals surface area contributed by atoms with Gasteiger partial charge in [0.25, 0.3) is 0 Å². The van der Waals surface area contributed by atoms with Crippen LogP contribution >= 0.6 is 0 Å². The molecule has 0 unspecified atom stereocenters. The molecule has 3 aromatic rings. The zero-order valence-electron chi connectivity index (χ0n) is 14.2. The molecule has 3 rings (SSSR count). The maximum Gasteiger partial charge on any atom is 0.227 e. The number of rotatable bonds is 8. The van der Waals surface area contributed by atoms with Crippen LogP contribution in [0, 0.1) is 0 Å². The zero-order valence-corrected chi connectivity index (χ0v) is 14.2. The summed E-state index contributed by atoms with van der Waals surface area (Å²) in [6.45, 7) is 2.60. The Kier molecular flexibility index (Phi) is 5.61. The van der Waals surface area contributed by atoms with Crippen LogP contribution < -0.4 is 5.32 Å². The molecule has 2 heterocycles. The van der Waals surface area contributed by atoms with Crippen LogP contribution in [0.4, 0.5) is 0 Å². The Bertz CT molecular complexity index is 781. The summed E-state index contributed by atoms with van der Waals surface area (Å²) in [6.07, 6.45) is 3.97. The van der Waals surface area contributed by atoms with Crippen LogP contribution in [0.2, 0.25) is 0 Å². The van der Waals surface area contributed by atoms with Gasteiger partial charge >= 0.3 is 0 Å². The van der Waals surface area contributed by atoms with Crippen molar-refractivity contribution in [3.05, 3.63) is 60.1 Å². The Morgan fingerprint density at radius 2 is 2.08 bits per heavy atom. The number of hydrogen-bond donors (Lipinski definition) is 2. The van der Waals surface area contributed by atoms with Crippen molar-refractivity contribution in [3.8, 4) is 11.6 Å². The maximum absolute atomic E-state index is 12.5. The molecule has 25 heavy (non-hydrogen) atoms. The molecular formula is C19H22N4O2. The molecule has 130 valence electrons. The van der Waals surface area contributed by atoms with E-state index in [0.717, 1.165) is 24.2 Å². The summed E-state index contributed by atoms with van der Waals surface area (Å²) < 4.78 is 5.27. The highest BCUT2D eigenvalue weighted by Gasteiger charge is 2.19. The Labute approximate surface area is 146 Å². The lowest BCUT2D eigenvalue weighted by atomic mass is 9.93. The average Bonchev–Trinajstić information content (AvgIpc) is 3.31. The van der Waals surface area contributed by atoms with Crippen LogP contribution in [0.15, 0.2) is 53.1 Å². The quantitative estimate of drug-likeness (QED) is 0.660. The molecule has 2 aromatic heterocycles. The number of nitrogens with zero attached hydrogens (tertiary/aromatic N) is 2. The van der Waals surface area contributed by atoms with Gasteiger partial charge < -0.3 is 9.73 Å². The van der Waals surface area contributed by atoms with Crippen LogP contribution in [-0.2, 0) is 11.2 Å². The van der Waals surface area contributed by atoms with Crippen molar-refractivity contribution >= 4 is 5.91 Å². The Morgan fingerprint density at radius 1 is 1.24 bits per heavy atom. The normalized spacial score (nSPS) is 12.0. The predicted octanol–water partition coefficient (Wildman–Crippen LogP) is 3.31. The highest BCUT2D eigenvalue weighted by molar-refractivity contribution is 5.83. The average molecular weight is 338 g/mol. The van der Waals surface area contributed by atoms with Gasteiger partial charge in [-0.1, -0.05) is 43.7 Å². The smallest absolute Gasteiger partial charge is 0.227 e. The van der Waals surface area contributed by atoms with E-state index in [1.165, 1.54) is 0 Å². The molecule has 0 fully saturated rings. The monoisotopic (exact) mass is 338 g/mol. The molecule has 0 spiro atoms. The largest absolute Gasteiger partial charge is 0.461 e. The van der Waals surface area contributed by atoms with E-state index in [1.807, 2.05) is 36.4 Å². The van der Waals surface area contributed by atoms with Gasteiger partial charge in [-0.25, -0.2) is 4.98 Å². The molecule has 0 saturated carbocycles. The fourth-order valence-corrected chi connectivity index (χ4v) is 2.77. The van der Waals surface area contributed by atoms with Crippen molar-refractivity contribution in [1.29, 1.82) is 0 Å². The van der Waals surface area contributed by atoms with E-state index >= 15 is 0 Å². The third-order valence-corrected chi connectivity index (χ3v) is 4.03. The Balaban J connectivity index is 1.54. The van der Waals surface area contributed by atoms with Crippen molar-refractivity contribution in [1.82, 2.24) is 20.5 Å². The lowest BCUT2D eigenvalue weighted by Gasteiger charge is -2.16. The molecule has 1 atom stereocenters. The van der Waals surface area contributed by atoms with Crippen molar-refractivity contribution in [2.75, 3.05) is 6.54 Å². The minimum atomic E-state index is -0.111. The summed E-state index contributed by atoms with van der Waals surface area (Å²) in [5.41, 5.74) is 1.06. The SMILES string of the molecule is CCC[C@@H](C(=O)NCCc1nc(-c2ccco2)n[nH]1)c1ccccc1. The number of carbonyl (C=O) groups is 1. The van der Waals surface area contributed by atoms with Crippen LogP contribution in [-0.4, -0.2) is 27.6 Å².